The molecule has 1 heterocycles. The van der Waals surface area contributed by atoms with Gasteiger partial charge in [-0.3, -0.25) is 0 Å². The molecule has 1 unspecified atom stereocenters. The highest BCUT2D eigenvalue weighted by Gasteiger charge is 2.17. The molecule has 0 radical (unpaired) electrons. The quantitative estimate of drug-likeness (QED) is 0.809. The van der Waals surface area contributed by atoms with Crippen molar-refractivity contribution in [3.8, 4) is 0 Å². The molecule has 4 heteroatoms. The van der Waals surface area contributed by atoms with Crippen LogP contribution in [0.25, 0.3) is 0 Å². The van der Waals surface area contributed by atoms with Crippen LogP contribution in [0, 0.1) is 5.92 Å². The normalized spacial score (nSPS) is 18.9. The Morgan fingerprint density at radius 2 is 1.95 bits per heavy atom. The van der Waals surface area contributed by atoms with E-state index in [0.717, 1.165) is 18.9 Å². The Morgan fingerprint density at radius 3 is 2.57 bits per heavy atom. The highest BCUT2D eigenvalue weighted by molar-refractivity contribution is 6.42. The van der Waals surface area contributed by atoms with Gasteiger partial charge in [0.25, 0.3) is 0 Å². The fraction of sp³-hybridized carbons (Fsp3) is 0.647. The summed E-state index contributed by atoms with van der Waals surface area (Å²) in [5.41, 5.74) is 1.23. The van der Waals surface area contributed by atoms with Gasteiger partial charge in [0.1, 0.15) is 0 Å². The van der Waals surface area contributed by atoms with E-state index in [1.54, 1.807) is 0 Å². The lowest BCUT2D eigenvalue weighted by Crippen LogP contribution is -2.32. The predicted octanol–water partition coefficient (Wildman–Crippen LogP) is 4.77. The molecule has 0 aliphatic carbocycles. The second-order valence-corrected chi connectivity index (χ2v) is 6.94. The van der Waals surface area contributed by atoms with Crippen LogP contribution in [0.1, 0.15) is 44.2 Å². The van der Waals surface area contributed by atoms with Crippen LogP contribution in [0.3, 0.4) is 0 Å². The van der Waals surface area contributed by atoms with Gasteiger partial charge in [-0.1, -0.05) is 36.2 Å². The fourth-order valence-corrected chi connectivity index (χ4v) is 3.35. The summed E-state index contributed by atoms with van der Waals surface area (Å²) in [5.74, 6) is 0.875. The fourth-order valence-electron chi connectivity index (χ4n) is 3.04. The number of nitrogens with zero attached hydrogens (tertiary/aromatic N) is 1. The van der Waals surface area contributed by atoms with Crippen molar-refractivity contribution in [2.75, 3.05) is 26.7 Å². The minimum Gasteiger partial charge on any atom is -0.310 e. The Bertz CT molecular complexity index is 442. The number of hydrogen-bond donors (Lipinski definition) is 1. The molecule has 1 aromatic carbocycles. The smallest absolute Gasteiger partial charge is 0.0595 e. The molecular formula is C17H26Cl2N2. The van der Waals surface area contributed by atoms with Crippen molar-refractivity contribution >= 4 is 23.2 Å². The number of rotatable bonds is 6. The van der Waals surface area contributed by atoms with Crippen LogP contribution >= 0.6 is 23.2 Å². The number of halogens is 2. The van der Waals surface area contributed by atoms with E-state index in [4.69, 9.17) is 23.2 Å². The zero-order valence-electron chi connectivity index (χ0n) is 13.0. The number of likely N-dealkylation sites (tertiary alicyclic amines) is 1. The van der Waals surface area contributed by atoms with Crippen molar-refractivity contribution in [1.82, 2.24) is 10.2 Å². The topological polar surface area (TPSA) is 15.3 Å². The first-order valence-corrected chi connectivity index (χ1v) is 8.72. The summed E-state index contributed by atoms with van der Waals surface area (Å²) in [6.45, 7) is 5.77. The van der Waals surface area contributed by atoms with Crippen molar-refractivity contribution < 1.29 is 0 Å². The molecule has 1 atom stereocenters. The van der Waals surface area contributed by atoms with E-state index < -0.39 is 0 Å². The first-order chi connectivity index (χ1) is 10.1. The van der Waals surface area contributed by atoms with Crippen molar-refractivity contribution in [1.29, 1.82) is 0 Å². The van der Waals surface area contributed by atoms with Crippen LogP contribution in [0.15, 0.2) is 18.2 Å². The van der Waals surface area contributed by atoms with Gasteiger partial charge in [-0.15, -0.1) is 0 Å². The second-order valence-electron chi connectivity index (χ2n) is 6.12. The van der Waals surface area contributed by atoms with Crippen LogP contribution in [0.2, 0.25) is 10.0 Å². The number of benzene rings is 1. The zero-order chi connectivity index (χ0) is 15.2. The molecule has 1 aliphatic rings. The summed E-state index contributed by atoms with van der Waals surface area (Å²) < 4.78 is 0. The number of hydrogen-bond acceptors (Lipinski definition) is 2. The van der Waals surface area contributed by atoms with E-state index in [1.165, 1.54) is 37.9 Å². The lowest BCUT2D eigenvalue weighted by atomic mass is 9.93. The van der Waals surface area contributed by atoms with Crippen molar-refractivity contribution in [2.45, 2.75) is 38.6 Å². The van der Waals surface area contributed by atoms with Gasteiger partial charge in [0, 0.05) is 6.04 Å². The summed E-state index contributed by atoms with van der Waals surface area (Å²) in [6, 6.07) is 6.32. The van der Waals surface area contributed by atoms with E-state index in [2.05, 4.69) is 30.3 Å². The van der Waals surface area contributed by atoms with Crippen molar-refractivity contribution in [3.05, 3.63) is 33.8 Å². The van der Waals surface area contributed by atoms with E-state index in [9.17, 15) is 0 Å². The molecule has 0 aromatic heterocycles. The molecule has 2 rings (SSSR count). The molecule has 1 aromatic rings. The molecule has 21 heavy (non-hydrogen) atoms. The third-order valence-electron chi connectivity index (χ3n) is 4.54. The highest BCUT2D eigenvalue weighted by Crippen LogP contribution is 2.27. The van der Waals surface area contributed by atoms with Gasteiger partial charge in [-0.05, 0) is 76.0 Å². The molecule has 1 N–H and O–H groups in total. The molecule has 0 spiro atoms. The van der Waals surface area contributed by atoms with Gasteiger partial charge >= 0.3 is 0 Å². The summed E-state index contributed by atoms with van der Waals surface area (Å²) in [7, 11) is 2.21. The van der Waals surface area contributed by atoms with Gasteiger partial charge in [-0.2, -0.15) is 0 Å². The summed E-state index contributed by atoms with van der Waals surface area (Å²) in [6.07, 6.45) is 5.00. The molecule has 0 amide bonds. The Balaban J connectivity index is 1.81. The van der Waals surface area contributed by atoms with Crippen molar-refractivity contribution in [3.63, 3.8) is 0 Å². The monoisotopic (exact) mass is 328 g/mol. The Labute approximate surface area is 138 Å². The lowest BCUT2D eigenvalue weighted by Gasteiger charge is -2.29. The van der Waals surface area contributed by atoms with E-state index in [-0.39, 0.29) is 0 Å². The number of nitrogens with one attached hydrogen (secondary N) is 1. The van der Waals surface area contributed by atoms with Gasteiger partial charge in [-0.25, -0.2) is 0 Å². The molecule has 2 nitrogen and oxygen atoms in total. The molecule has 1 aliphatic heterocycles. The maximum absolute atomic E-state index is 6.12. The average Bonchev–Trinajstić information content (AvgIpc) is 2.49. The summed E-state index contributed by atoms with van der Waals surface area (Å²) in [5, 5.41) is 4.95. The van der Waals surface area contributed by atoms with Crippen LogP contribution in [0.4, 0.5) is 0 Å². The minimum atomic E-state index is 0.367. The standard InChI is InChI=1S/C17H26Cl2N2/c1-3-17(14-4-5-15(18)16(19)12-14)20-9-6-13-7-10-21(2)11-8-13/h4-5,12-13,17,20H,3,6-11H2,1-2H3. The van der Waals surface area contributed by atoms with E-state index in [0.29, 0.717) is 16.1 Å². The molecule has 1 fully saturated rings. The predicted molar refractivity (Wildman–Crippen MR) is 92.3 cm³/mol. The molecular weight excluding hydrogens is 303 g/mol. The minimum absolute atomic E-state index is 0.367. The van der Waals surface area contributed by atoms with Gasteiger partial charge in [0.2, 0.25) is 0 Å². The van der Waals surface area contributed by atoms with Crippen LogP contribution < -0.4 is 5.32 Å². The zero-order valence-corrected chi connectivity index (χ0v) is 14.6. The molecule has 1 saturated heterocycles. The van der Waals surface area contributed by atoms with Gasteiger partial charge in [0.15, 0.2) is 0 Å². The Kier molecular flexibility index (Phi) is 6.81. The van der Waals surface area contributed by atoms with Gasteiger partial charge < -0.3 is 10.2 Å². The molecule has 118 valence electrons. The molecule has 0 saturated carbocycles. The molecule has 0 bridgehead atoms. The third-order valence-corrected chi connectivity index (χ3v) is 5.27. The van der Waals surface area contributed by atoms with E-state index >= 15 is 0 Å². The summed E-state index contributed by atoms with van der Waals surface area (Å²) >= 11 is 12.1. The van der Waals surface area contributed by atoms with Crippen LogP contribution in [0.5, 0.6) is 0 Å². The highest BCUT2D eigenvalue weighted by atomic mass is 35.5. The largest absolute Gasteiger partial charge is 0.310 e. The average molecular weight is 329 g/mol. The first-order valence-electron chi connectivity index (χ1n) is 7.97. The summed E-state index contributed by atoms with van der Waals surface area (Å²) in [4.78, 5) is 2.43. The maximum Gasteiger partial charge on any atom is 0.0595 e. The Morgan fingerprint density at radius 1 is 1.24 bits per heavy atom. The number of piperidine rings is 1. The van der Waals surface area contributed by atoms with E-state index in [1.807, 2.05) is 12.1 Å². The SMILES string of the molecule is CCC(NCCC1CCN(C)CC1)c1ccc(Cl)c(Cl)c1. The first kappa shape index (κ1) is 17.1. The Hall–Kier alpha value is -0.280. The third kappa shape index (κ3) is 5.14. The van der Waals surface area contributed by atoms with Crippen LogP contribution in [-0.4, -0.2) is 31.6 Å². The lowest BCUT2D eigenvalue weighted by molar-refractivity contribution is 0.210. The maximum atomic E-state index is 6.12. The van der Waals surface area contributed by atoms with Gasteiger partial charge in [0.05, 0.1) is 10.0 Å². The van der Waals surface area contributed by atoms with Crippen LogP contribution in [-0.2, 0) is 0 Å². The second kappa shape index (κ2) is 8.38. The van der Waals surface area contributed by atoms with Crippen molar-refractivity contribution in [2.24, 2.45) is 5.92 Å².